The molecular formula is C11H8F5N3O3S. The van der Waals surface area contributed by atoms with E-state index in [0.717, 1.165) is 12.1 Å². The first-order valence-corrected chi connectivity index (χ1v) is 7.27. The number of sulfonamides is 1. The molecule has 0 fully saturated rings. The van der Waals surface area contributed by atoms with Gasteiger partial charge >= 0.3 is 6.18 Å². The lowest BCUT2D eigenvalue weighted by Gasteiger charge is -2.08. The molecule has 0 saturated heterocycles. The van der Waals surface area contributed by atoms with Gasteiger partial charge in [-0.05, 0) is 12.1 Å². The van der Waals surface area contributed by atoms with Crippen LogP contribution in [0.5, 0.6) is 5.88 Å². The van der Waals surface area contributed by atoms with Gasteiger partial charge in [-0.1, -0.05) is 0 Å². The largest absolute Gasteiger partial charge is 0.446 e. The molecule has 0 spiro atoms. The number of hydrogen-bond acceptors (Lipinski definition) is 4. The lowest BCUT2D eigenvalue weighted by Crippen LogP contribution is -2.14. The van der Waals surface area contributed by atoms with Gasteiger partial charge in [0.15, 0.2) is 5.69 Å². The van der Waals surface area contributed by atoms with Crippen LogP contribution in [0.4, 0.5) is 22.0 Å². The standard InChI is InChI=1S/C11H8F5N3O3S/c12-5-22-10-4-9(11(14,15)16)18-19(10)6-1-2-8(7(13)3-6)23(17,20)21/h1-4H,5H2,(H2,17,20,21). The predicted octanol–water partition coefficient (Wildman–Crippen LogP) is 1.98. The van der Waals surface area contributed by atoms with Crippen LogP contribution in [0.1, 0.15) is 5.69 Å². The van der Waals surface area contributed by atoms with E-state index in [-0.39, 0.29) is 5.69 Å². The third kappa shape index (κ3) is 3.59. The van der Waals surface area contributed by atoms with Crippen molar-refractivity contribution in [1.29, 1.82) is 0 Å². The molecule has 0 unspecified atom stereocenters. The highest BCUT2D eigenvalue weighted by atomic mass is 32.2. The fourth-order valence-corrected chi connectivity index (χ4v) is 2.29. The second-order valence-corrected chi connectivity index (χ2v) is 5.72. The zero-order valence-electron chi connectivity index (χ0n) is 11.0. The molecule has 2 rings (SSSR count). The van der Waals surface area contributed by atoms with Gasteiger partial charge in [-0.15, -0.1) is 0 Å². The first kappa shape index (κ1) is 17.1. The summed E-state index contributed by atoms with van der Waals surface area (Å²) >= 11 is 0. The number of nitrogens with zero attached hydrogens (tertiary/aromatic N) is 2. The van der Waals surface area contributed by atoms with E-state index >= 15 is 0 Å². The second kappa shape index (κ2) is 5.77. The number of benzene rings is 1. The molecule has 23 heavy (non-hydrogen) atoms. The Morgan fingerprint density at radius 3 is 2.39 bits per heavy atom. The van der Waals surface area contributed by atoms with Gasteiger partial charge in [0, 0.05) is 12.1 Å². The minimum Gasteiger partial charge on any atom is -0.446 e. The molecule has 1 aromatic carbocycles. The van der Waals surface area contributed by atoms with Gasteiger partial charge in [0.05, 0.1) is 5.69 Å². The molecule has 6 nitrogen and oxygen atoms in total. The third-order valence-electron chi connectivity index (χ3n) is 2.64. The van der Waals surface area contributed by atoms with Crippen LogP contribution in [0.15, 0.2) is 29.2 Å². The number of primary sulfonamides is 1. The van der Waals surface area contributed by atoms with Crippen LogP contribution < -0.4 is 9.88 Å². The Kier molecular flexibility index (Phi) is 4.30. The van der Waals surface area contributed by atoms with Crippen molar-refractivity contribution in [1.82, 2.24) is 9.78 Å². The molecule has 1 heterocycles. The number of hydrogen-bond donors (Lipinski definition) is 1. The van der Waals surface area contributed by atoms with Gasteiger partial charge in [-0.3, -0.25) is 0 Å². The Morgan fingerprint density at radius 1 is 1.26 bits per heavy atom. The SMILES string of the molecule is NS(=O)(=O)c1ccc(-n2nc(C(F)(F)F)cc2OCF)cc1F. The molecule has 2 aromatic rings. The molecule has 0 aliphatic rings. The topological polar surface area (TPSA) is 87.2 Å². The summed E-state index contributed by atoms with van der Waals surface area (Å²) < 4.78 is 91.0. The lowest BCUT2D eigenvalue weighted by atomic mass is 10.3. The molecule has 0 aliphatic carbocycles. The Balaban J connectivity index is 2.57. The van der Waals surface area contributed by atoms with Crippen LogP contribution in [0.3, 0.4) is 0 Å². The quantitative estimate of drug-likeness (QED) is 0.848. The summed E-state index contributed by atoms with van der Waals surface area (Å²) in [4.78, 5) is -0.850. The van der Waals surface area contributed by atoms with Crippen LogP contribution in [-0.2, 0) is 16.2 Å². The first-order valence-electron chi connectivity index (χ1n) is 5.73. The van der Waals surface area contributed by atoms with Gasteiger partial charge in [0.2, 0.25) is 22.8 Å². The second-order valence-electron chi connectivity index (χ2n) is 4.19. The number of aromatic nitrogens is 2. The van der Waals surface area contributed by atoms with E-state index in [9.17, 15) is 30.4 Å². The van der Waals surface area contributed by atoms with E-state index in [1.54, 1.807) is 0 Å². The number of alkyl halides is 4. The van der Waals surface area contributed by atoms with Crippen molar-refractivity contribution in [3.05, 3.63) is 35.8 Å². The molecule has 0 radical (unpaired) electrons. The van der Waals surface area contributed by atoms with Crippen LogP contribution in [-0.4, -0.2) is 25.1 Å². The summed E-state index contributed by atoms with van der Waals surface area (Å²) in [5.41, 5.74) is -1.70. The van der Waals surface area contributed by atoms with Crippen molar-refractivity contribution in [3.63, 3.8) is 0 Å². The normalized spacial score (nSPS) is 12.4. The molecule has 0 aliphatic heterocycles. The summed E-state index contributed by atoms with van der Waals surface area (Å²) in [6, 6.07) is 2.69. The molecule has 0 amide bonds. The summed E-state index contributed by atoms with van der Waals surface area (Å²) in [5.74, 6) is -1.94. The van der Waals surface area contributed by atoms with Crippen molar-refractivity contribution in [2.24, 2.45) is 5.14 Å². The van der Waals surface area contributed by atoms with E-state index in [1.807, 2.05) is 0 Å². The Hall–Kier alpha value is -2.21. The monoisotopic (exact) mass is 357 g/mol. The van der Waals surface area contributed by atoms with E-state index in [4.69, 9.17) is 5.14 Å². The summed E-state index contributed by atoms with van der Waals surface area (Å²) in [5, 5.41) is 7.93. The van der Waals surface area contributed by atoms with Crippen molar-refractivity contribution in [2.45, 2.75) is 11.1 Å². The molecule has 0 atom stereocenters. The highest BCUT2D eigenvalue weighted by Crippen LogP contribution is 2.32. The zero-order valence-corrected chi connectivity index (χ0v) is 11.8. The zero-order chi connectivity index (χ0) is 17.4. The summed E-state index contributed by atoms with van der Waals surface area (Å²) in [7, 11) is -4.35. The van der Waals surface area contributed by atoms with E-state index in [2.05, 4.69) is 9.84 Å². The van der Waals surface area contributed by atoms with Gasteiger partial charge in [-0.25, -0.2) is 27.0 Å². The van der Waals surface area contributed by atoms with Gasteiger partial charge in [0.25, 0.3) is 0 Å². The van der Waals surface area contributed by atoms with Crippen molar-refractivity contribution >= 4 is 10.0 Å². The summed E-state index contributed by atoms with van der Waals surface area (Å²) in [6.45, 7) is -1.44. The van der Waals surface area contributed by atoms with Gasteiger partial charge < -0.3 is 4.74 Å². The molecular weight excluding hydrogens is 349 g/mol. The molecule has 2 N–H and O–H groups in total. The maximum Gasteiger partial charge on any atom is 0.435 e. The minimum absolute atomic E-state index is 0.311. The van der Waals surface area contributed by atoms with Crippen LogP contribution >= 0.6 is 0 Å². The fraction of sp³-hybridized carbons (Fsp3) is 0.182. The molecule has 12 heteroatoms. The number of rotatable bonds is 4. The van der Waals surface area contributed by atoms with Crippen LogP contribution in [0, 0.1) is 5.82 Å². The van der Waals surface area contributed by atoms with E-state index in [0.29, 0.717) is 16.8 Å². The first-order chi connectivity index (χ1) is 10.5. The molecule has 126 valence electrons. The number of halogens is 5. The van der Waals surface area contributed by atoms with Crippen molar-refractivity contribution in [2.75, 3.05) is 6.86 Å². The third-order valence-corrected chi connectivity index (χ3v) is 3.58. The number of ether oxygens (including phenoxy) is 1. The van der Waals surface area contributed by atoms with E-state index in [1.165, 1.54) is 0 Å². The smallest absolute Gasteiger partial charge is 0.435 e. The van der Waals surface area contributed by atoms with Gasteiger partial charge in [0.1, 0.15) is 10.7 Å². The Labute approximate surface area is 126 Å². The highest BCUT2D eigenvalue weighted by Gasteiger charge is 2.35. The van der Waals surface area contributed by atoms with Crippen LogP contribution in [0.25, 0.3) is 5.69 Å². The maximum atomic E-state index is 13.8. The fourth-order valence-electron chi connectivity index (χ4n) is 1.70. The molecule has 0 saturated carbocycles. The summed E-state index contributed by atoms with van der Waals surface area (Å²) in [6.07, 6.45) is -4.83. The maximum absolute atomic E-state index is 13.8. The predicted molar refractivity (Wildman–Crippen MR) is 66.5 cm³/mol. The van der Waals surface area contributed by atoms with Crippen molar-refractivity contribution < 1.29 is 35.1 Å². The van der Waals surface area contributed by atoms with Gasteiger partial charge in [-0.2, -0.15) is 18.3 Å². The number of nitrogens with two attached hydrogens (primary N) is 1. The van der Waals surface area contributed by atoms with E-state index < -0.39 is 45.3 Å². The minimum atomic E-state index is -4.83. The average molecular weight is 357 g/mol. The lowest BCUT2D eigenvalue weighted by molar-refractivity contribution is -0.141. The highest BCUT2D eigenvalue weighted by molar-refractivity contribution is 7.89. The van der Waals surface area contributed by atoms with Crippen molar-refractivity contribution in [3.8, 4) is 11.6 Å². The average Bonchev–Trinajstić information content (AvgIpc) is 2.81. The van der Waals surface area contributed by atoms with Crippen LogP contribution in [0.2, 0.25) is 0 Å². The Bertz CT molecular complexity index is 832. The molecule has 0 bridgehead atoms. The molecule has 1 aromatic heterocycles. The Morgan fingerprint density at radius 2 is 1.91 bits per heavy atom.